The molecule has 0 aliphatic carbocycles. The van der Waals surface area contributed by atoms with Gasteiger partial charge in [-0.1, -0.05) is 18.2 Å². The van der Waals surface area contributed by atoms with Crippen molar-refractivity contribution in [2.45, 2.75) is 6.54 Å². The number of halogens is 1. The van der Waals surface area contributed by atoms with Crippen molar-refractivity contribution in [2.75, 3.05) is 6.79 Å². The number of aromatic nitrogens is 1. The second-order valence-corrected chi connectivity index (χ2v) is 6.87. The first-order valence-electron chi connectivity index (χ1n) is 9.61. The summed E-state index contributed by atoms with van der Waals surface area (Å²) < 4.78 is 24.9. The summed E-state index contributed by atoms with van der Waals surface area (Å²) in [5.74, 6) is -0.502. The Kier molecular flexibility index (Phi) is 5.98. The number of nitrogens with zero attached hydrogens (tertiary/aromatic N) is 1. The number of hydrogen-bond donors (Lipinski definition) is 2. The van der Waals surface area contributed by atoms with Crippen molar-refractivity contribution in [1.29, 1.82) is 0 Å². The zero-order chi connectivity index (χ0) is 22.5. The number of carbonyl (C=O) groups is 2. The summed E-state index contributed by atoms with van der Waals surface area (Å²) in [7, 11) is 0. The van der Waals surface area contributed by atoms with Gasteiger partial charge in [-0.2, -0.15) is 0 Å². The van der Waals surface area contributed by atoms with Crippen molar-refractivity contribution in [2.24, 2.45) is 0 Å². The van der Waals surface area contributed by atoms with Gasteiger partial charge < -0.3 is 14.0 Å². The largest absolute Gasteiger partial charge is 0.454 e. The van der Waals surface area contributed by atoms with Gasteiger partial charge in [0.2, 0.25) is 6.79 Å². The molecule has 9 heteroatoms. The lowest BCUT2D eigenvalue weighted by atomic mass is 10.2. The van der Waals surface area contributed by atoms with Crippen molar-refractivity contribution in [3.63, 3.8) is 0 Å². The molecular formula is C23H18FN3O5. The smallest absolute Gasteiger partial charge is 0.275 e. The Hall–Kier alpha value is -4.40. The minimum Gasteiger partial charge on any atom is -0.454 e. The van der Waals surface area contributed by atoms with E-state index in [1.54, 1.807) is 42.5 Å². The predicted octanol–water partition coefficient (Wildman–Crippen LogP) is 2.24. The van der Waals surface area contributed by atoms with Crippen molar-refractivity contribution >= 4 is 17.9 Å². The Morgan fingerprint density at radius 3 is 2.62 bits per heavy atom. The van der Waals surface area contributed by atoms with Gasteiger partial charge in [0.05, 0.1) is 6.54 Å². The van der Waals surface area contributed by atoms with E-state index in [0.717, 1.165) is 0 Å². The molecule has 1 aromatic heterocycles. The number of hydrazine groups is 1. The molecule has 2 N–H and O–H groups in total. The lowest BCUT2D eigenvalue weighted by Crippen LogP contribution is -2.43. The van der Waals surface area contributed by atoms with Crippen LogP contribution in [0.4, 0.5) is 4.39 Å². The van der Waals surface area contributed by atoms with Crippen molar-refractivity contribution in [1.82, 2.24) is 15.4 Å². The molecule has 2 amide bonds. The van der Waals surface area contributed by atoms with Crippen LogP contribution >= 0.6 is 0 Å². The highest BCUT2D eigenvalue weighted by Gasteiger charge is 2.14. The molecule has 1 aliphatic heterocycles. The van der Waals surface area contributed by atoms with Crippen molar-refractivity contribution < 1.29 is 23.5 Å². The molecule has 1 aliphatic rings. The average Bonchev–Trinajstić information content (AvgIpc) is 3.27. The highest BCUT2D eigenvalue weighted by molar-refractivity contribution is 5.97. The third-order valence-electron chi connectivity index (χ3n) is 4.65. The third kappa shape index (κ3) is 4.84. The maximum absolute atomic E-state index is 13.1. The van der Waals surface area contributed by atoms with E-state index in [9.17, 15) is 18.8 Å². The number of nitrogens with one attached hydrogen (secondary N) is 2. The lowest BCUT2D eigenvalue weighted by Gasteiger charge is -2.09. The quantitative estimate of drug-likeness (QED) is 0.473. The number of hydrogen-bond acceptors (Lipinski definition) is 5. The fraction of sp³-hybridized carbons (Fsp3) is 0.0870. The van der Waals surface area contributed by atoms with E-state index in [2.05, 4.69) is 10.9 Å². The van der Waals surface area contributed by atoms with E-state index in [4.69, 9.17) is 9.47 Å². The fourth-order valence-electron chi connectivity index (χ4n) is 3.04. The van der Waals surface area contributed by atoms with Crippen LogP contribution in [0.15, 0.2) is 71.7 Å². The first kappa shape index (κ1) is 20.9. The zero-order valence-corrected chi connectivity index (χ0v) is 16.7. The standard InChI is InChI=1S/C23H18FN3O5/c24-17-7-3-16(4-8-17)13-27-11-1-2-18(23(27)30)22(29)26-25-21(28)10-6-15-5-9-19-20(12-15)32-14-31-19/h1-12H,13-14H2,(H,25,28)(H,26,29)/b10-6+. The van der Waals surface area contributed by atoms with Gasteiger partial charge in [0, 0.05) is 12.3 Å². The van der Waals surface area contributed by atoms with Gasteiger partial charge in [-0.3, -0.25) is 25.2 Å². The summed E-state index contributed by atoms with van der Waals surface area (Å²) in [6, 6.07) is 13.8. The highest BCUT2D eigenvalue weighted by Crippen LogP contribution is 2.32. The van der Waals surface area contributed by atoms with Gasteiger partial charge in [0.1, 0.15) is 11.4 Å². The van der Waals surface area contributed by atoms with E-state index in [1.165, 1.54) is 35.0 Å². The molecular weight excluding hydrogens is 417 g/mol. The van der Waals surface area contributed by atoms with Crippen molar-refractivity contribution in [3.05, 3.63) is 99.7 Å². The minimum atomic E-state index is -0.756. The van der Waals surface area contributed by atoms with Crippen LogP contribution in [0.3, 0.4) is 0 Å². The molecule has 2 heterocycles. The SMILES string of the molecule is O=C(/C=C/c1ccc2c(c1)OCO2)NNC(=O)c1cccn(Cc2ccc(F)cc2)c1=O. The molecule has 32 heavy (non-hydrogen) atoms. The van der Waals surface area contributed by atoms with E-state index < -0.39 is 17.4 Å². The monoisotopic (exact) mass is 435 g/mol. The molecule has 8 nitrogen and oxygen atoms in total. The van der Waals surface area contributed by atoms with Crippen LogP contribution < -0.4 is 25.9 Å². The molecule has 0 unspecified atom stereocenters. The summed E-state index contributed by atoms with van der Waals surface area (Å²) in [4.78, 5) is 37.0. The van der Waals surface area contributed by atoms with Gasteiger partial charge in [-0.25, -0.2) is 4.39 Å². The molecule has 0 bridgehead atoms. The molecule has 3 aromatic rings. The molecule has 0 radical (unpaired) electrons. The maximum Gasteiger partial charge on any atom is 0.275 e. The van der Waals surface area contributed by atoms with Gasteiger partial charge in [0.15, 0.2) is 11.5 Å². The highest BCUT2D eigenvalue weighted by atomic mass is 19.1. The first-order valence-corrected chi connectivity index (χ1v) is 9.61. The summed E-state index contributed by atoms with van der Waals surface area (Å²) in [5.41, 5.74) is 5.18. The Bertz CT molecular complexity index is 1250. The van der Waals surface area contributed by atoms with Gasteiger partial charge >= 0.3 is 0 Å². The molecule has 0 atom stereocenters. The maximum atomic E-state index is 13.1. The van der Waals surface area contributed by atoms with Gasteiger partial charge in [-0.05, 0) is 53.6 Å². The Balaban J connectivity index is 1.37. The Morgan fingerprint density at radius 1 is 1.03 bits per heavy atom. The van der Waals surface area contributed by atoms with Crippen LogP contribution in [0.5, 0.6) is 11.5 Å². The lowest BCUT2D eigenvalue weighted by molar-refractivity contribution is -0.117. The van der Waals surface area contributed by atoms with Gasteiger partial charge in [0.25, 0.3) is 17.4 Å². The number of carbonyl (C=O) groups excluding carboxylic acids is 2. The summed E-state index contributed by atoms with van der Waals surface area (Å²) in [6.45, 7) is 0.324. The predicted molar refractivity (Wildman–Crippen MR) is 113 cm³/mol. The Labute approximate surface area is 181 Å². The molecule has 0 saturated carbocycles. The second kappa shape index (κ2) is 9.17. The van der Waals surface area contributed by atoms with E-state index in [0.29, 0.717) is 22.6 Å². The van der Waals surface area contributed by atoms with E-state index in [-0.39, 0.29) is 24.7 Å². The fourth-order valence-corrected chi connectivity index (χ4v) is 3.04. The number of ether oxygens (including phenoxy) is 2. The number of amides is 2. The Morgan fingerprint density at radius 2 is 1.81 bits per heavy atom. The topological polar surface area (TPSA) is 98.7 Å². The zero-order valence-electron chi connectivity index (χ0n) is 16.7. The minimum absolute atomic E-state index is 0.144. The summed E-state index contributed by atoms with van der Waals surface area (Å²) >= 11 is 0. The van der Waals surface area contributed by atoms with Crippen LogP contribution in [0.1, 0.15) is 21.5 Å². The molecule has 162 valence electrons. The number of fused-ring (bicyclic) bond motifs is 1. The molecule has 0 saturated heterocycles. The third-order valence-corrected chi connectivity index (χ3v) is 4.65. The normalized spacial score (nSPS) is 12.0. The molecule has 0 fully saturated rings. The van der Waals surface area contributed by atoms with Crippen LogP contribution in [-0.2, 0) is 11.3 Å². The van der Waals surface area contributed by atoms with E-state index in [1.807, 2.05) is 0 Å². The number of rotatable bonds is 5. The van der Waals surface area contributed by atoms with Gasteiger partial charge in [-0.15, -0.1) is 0 Å². The number of pyridine rings is 1. The number of benzene rings is 2. The average molecular weight is 435 g/mol. The van der Waals surface area contributed by atoms with Crippen LogP contribution in [0.2, 0.25) is 0 Å². The van der Waals surface area contributed by atoms with Crippen LogP contribution in [-0.4, -0.2) is 23.2 Å². The molecule has 0 spiro atoms. The van der Waals surface area contributed by atoms with Crippen LogP contribution in [0.25, 0.3) is 6.08 Å². The van der Waals surface area contributed by atoms with Crippen LogP contribution in [0, 0.1) is 5.82 Å². The second-order valence-electron chi connectivity index (χ2n) is 6.87. The summed E-state index contributed by atoms with van der Waals surface area (Å²) in [6.07, 6.45) is 4.30. The molecule has 2 aromatic carbocycles. The van der Waals surface area contributed by atoms with Crippen molar-refractivity contribution in [3.8, 4) is 11.5 Å². The first-order chi connectivity index (χ1) is 15.5. The molecule has 4 rings (SSSR count). The van der Waals surface area contributed by atoms with E-state index >= 15 is 0 Å². The summed E-state index contributed by atoms with van der Waals surface area (Å²) in [5, 5.41) is 0.